The summed E-state index contributed by atoms with van der Waals surface area (Å²) in [5.41, 5.74) is 0.881. The average Bonchev–Trinajstić information content (AvgIpc) is 3.20. The van der Waals surface area contributed by atoms with Crippen molar-refractivity contribution < 1.29 is 9.90 Å². The molecule has 1 fully saturated rings. The molecule has 0 unspecified atom stereocenters. The number of hydrogen-bond donors (Lipinski definition) is 1. The number of thioether (sulfide) groups is 1. The Kier molecular flexibility index (Phi) is 4.24. The topological polar surface area (TPSA) is 68.0 Å². The van der Waals surface area contributed by atoms with Crippen molar-refractivity contribution in [3.05, 3.63) is 33.5 Å². The first-order valence-corrected chi connectivity index (χ1v) is 8.47. The van der Waals surface area contributed by atoms with Crippen LogP contribution >= 0.6 is 39.3 Å². The van der Waals surface area contributed by atoms with Crippen LogP contribution in [0.15, 0.2) is 27.8 Å². The van der Waals surface area contributed by atoms with Gasteiger partial charge < -0.3 is 5.11 Å². The van der Waals surface area contributed by atoms with Crippen LogP contribution in [0.2, 0.25) is 5.02 Å². The quantitative estimate of drug-likeness (QED) is 0.790. The maximum Gasteiger partial charge on any atom is 0.313 e. The lowest BCUT2D eigenvalue weighted by Crippen LogP contribution is -2.04. The molecule has 0 spiro atoms. The molecule has 5 nitrogen and oxygen atoms in total. The predicted molar refractivity (Wildman–Crippen MR) is 84.4 cm³/mol. The zero-order valence-electron chi connectivity index (χ0n) is 10.8. The molecule has 0 atom stereocenters. The normalized spacial score (nSPS) is 14.4. The average molecular weight is 389 g/mol. The van der Waals surface area contributed by atoms with Gasteiger partial charge >= 0.3 is 5.97 Å². The monoisotopic (exact) mass is 387 g/mol. The van der Waals surface area contributed by atoms with Crippen molar-refractivity contribution in [2.75, 3.05) is 5.75 Å². The van der Waals surface area contributed by atoms with Crippen LogP contribution in [0.3, 0.4) is 0 Å². The molecule has 1 aliphatic rings. The molecule has 1 N–H and O–H groups in total. The van der Waals surface area contributed by atoms with E-state index in [4.69, 9.17) is 16.7 Å². The number of aromatic nitrogens is 3. The lowest BCUT2D eigenvalue weighted by molar-refractivity contribution is -0.133. The molecule has 21 heavy (non-hydrogen) atoms. The van der Waals surface area contributed by atoms with Gasteiger partial charge in [-0.2, -0.15) is 0 Å². The Balaban J connectivity index is 2.02. The Labute approximate surface area is 138 Å². The summed E-state index contributed by atoms with van der Waals surface area (Å²) in [6.07, 6.45) is 2.19. The minimum atomic E-state index is -0.875. The highest BCUT2D eigenvalue weighted by Crippen LogP contribution is 2.41. The second kappa shape index (κ2) is 5.98. The number of carboxylic acids is 1. The fraction of sp³-hybridized carbons (Fsp3) is 0.308. The number of carbonyl (C=O) groups is 1. The third-order valence-electron chi connectivity index (χ3n) is 3.09. The van der Waals surface area contributed by atoms with Gasteiger partial charge in [-0.15, -0.1) is 10.2 Å². The van der Waals surface area contributed by atoms with Gasteiger partial charge in [0.2, 0.25) is 0 Å². The molecule has 0 saturated heterocycles. The molecular formula is C13H11BrClN3O2S. The third kappa shape index (κ3) is 3.25. The van der Waals surface area contributed by atoms with E-state index in [1.807, 2.05) is 16.7 Å². The van der Waals surface area contributed by atoms with Crippen LogP contribution in [-0.2, 0) is 4.79 Å². The Morgan fingerprint density at radius 3 is 2.86 bits per heavy atom. The van der Waals surface area contributed by atoms with Crippen LogP contribution in [0, 0.1) is 0 Å². The highest BCUT2D eigenvalue weighted by Gasteiger charge is 2.31. The summed E-state index contributed by atoms with van der Waals surface area (Å²) < 4.78 is 2.71. The second-order valence-electron chi connectivity index (χ2n) is 4.73. The van der Waals surface area contributed by atoms with Gasteiger partial charge in [0.15, 0.2) is 5.16 Å². The molecule has 1 aromatic heterocycles. The van der Waals surface area contributed by atoms with Gasteiger partial charge in [-0.05, 0) is 47.0 Å². The number of rotatable bonds is 5. The molecule has 1 aliphatic carbocycles. The van der Waals surface area contributed by atoms with Crippen molar-refractivity contribution in [2.24, 2.45) is 0 Å². The van der Waals surface area contributed by atoms with Crippen molar-refractivity contribution in [2.45, 2.75) is 23.9 Å². The van der Waals surface area contributed by atoms with E-state index in [1.165, 1.54) is 11.8 Å². The van der Waals surface area contributed by atoms with E-state index in [9.17, 15) is 4.79 Å². The molecule has 1 heterocycles. The number of aliphatic carboxylic acids is 1. The fourth-order valence-corrected chi connectivity index (χ4v) is 3.14. The smallest absolute Gasteiger partial charge is 0.313 e. The number of carboxylic acid groups (broad SMARTS) is 1. The standard InChI is InChI=1S/C13H11BrClN3O2S/c14-9-5-8(3-4-10(9)15)18-12(7-1-2-7)16-17-13(18)21-6-11(19)20/h3-5,7H,1-2,6H2,(H,19,20). The number of benzene rings is 1. The van der Waals surface area contributed by atoms with Crippen molar-refractivity contribution in [3.63, 3.8) is 0 Å². The van der Waals surface area contributed by atoms with E-state index in [-0.39, 0.29) is 5.75 Å². The molecule has 3 rings (SSSR count). The highest BCUT2D eigenvalue weighted by atomic mass is 79.9. The first-order chi connectivity index (χ1) is 10.1. The zero-order valence-corrected chi connectivity index (χ0v) is 14.0. The van der Waals surface area contributed by atoms with Gasteiger partial charge in [-0.1, -0.05) is 23.4 Å². The maximum absolute atomic E-state index is 10.8. The van der Waals surface area contributed by atoms with E-state index >= 15 is 0 Å². The molecule has 0 aliphatic heterocycles. The SMILES string of the molecule is O=C(O)CSc1nnc(C2CC2)n1-c1ccc(Cl)c(Br)c1. The van der Waals surface area contributed by atoms with Crippen molar-refractivity contribution in [1.29, 1.82) is 0 Å². The maximum atomic E-state index is 10.8. The van der Waals surface area contributed by atoms with Gasteiger partial charge in [0.05, 0.1) is 16.5 Å². The summed E-state index contributed by atoms with van der Waals surface area (Å²) in [5.74, 6) is 0.375. The molecule has 8 heteroatoms. The van der Waals surface area contributed by atoms with E-state index in [0.29, 0.717) is 16.1 Å². The Morgan fingerprint density at radius 2 is 2.24 bits per heavy atom. The molecule has 0 radical (unpaired) electrons. The first-order valence-electron chi connectivity index (χ1n) is 6.31. The summed E-state index contributed by atoms with van der Waals surface area (Å²) in [6, 6.07) is 5.57. The van der Waals surface area contributed by atoms with Gasteiger partial charge in [-0.25, -0.2) is 0 Å². The van der Waals surface area contributed by atoms with Gasteiger partial charge in [0.25, 0.3) is 0 Å². The largest absolute Gasteiger partial charge is 0.481 e. The van der Waals surface area contributed by atoms with E-state index in [0.717, 1.165) is 28.8 Å². The number of hydrogen-bond acceptors (Lipinski definition) is 4. The molecule has 110 valence electrons. The van der Waals surface area contributed by atoms with Crippen molar-refractivity contribution in [1.82, 2.24) is 14.8 Å². The molecular weight excluding hydrogens is 378 g/mol. The van der Waals surface area contributed by atoms with Crippen LogP contribution in [0.1, 0.15) is 24.6 Å². The second-order valence-corrected chi connectivity index (χ2v) is 6.94. The summed E-state index contributed by atoms with van der Waals surface area (Å²) in [6.45, 7) is 0. The Hall–Kier alpha value is -1.05. The van der Waals surface area contributed by atoms with Crippen LogP contribution in [-0.4, -0.2) is 31.6 Å². The summed E-state index contributed by atoms with van der Waals surface area (Å²) in [5, 5.41) is 18.4. The summed E-state index contributed by atoms with van der Waals surface area (Å²) in [4.78, 5) is 10.8. The van der Waals surface area contributed by atoms with Gasteiger partial charge in [0, 0.05) is 10.4 Å². The predicted octanol–water partition coefficient (Wildman–Crippen LogP) is 3.74. The van der Waals surface area contributed by atoms with E-state index in [2.05, 4.69) is 26.1 Å². The lowest BCUT2D eigenvalue weighted by atomic mass is 10.3. The summed E-state index contributed by atoms with van der Waals surface area (Å²) in [7, 11) is 0. The fourth-order valence-electron chi connectivity index (χ4n) is 1.97. The van der Waals surface area contributed by atoms with Crippen molar-refractivity contribution >= 4 is 45.3 Å². The van der Waals surface area contributed by atoms with Crippen LogP contribution in [0.25, 0.3) is 5.69 Å². The Morgan fingerprint density at radius 1 is 1.48 bits per heavy atom. The van der Waals surface area contributed by atoms with Gasteiger partial charge in [0.1, 0.15) is 5.82 Å². The molecule has 2 aromatic rings. The molecule has 0 amide bonds. The van der Waals surface area contributed by atoms with E-state index in [1.54, 1.807) is 6.07 Å². The number of halogens is 2. The molecule has 0 bridgehead atoms. The van der Waals surface area contributed by atoms with Crippen LogP contribution in [0.4, 0.5) is 0 Å². The highest BCUT2D eigenvalue weighted by molar-refractivity contribution is 9.10. The number of nitrogens with zero attached hydrogens (tertiary/aromatic N) is 3. The van der Waals surface area contributed by atoms with Crippen LogP contribution < -0.4 is 0 Å². The lowest BCUT2D eigenvalue weighted by Gasteiger charge is -2.10. The van der Waals surface area contributed by atoms with Crippen LogP contribution in [0.5, 0.6) is 0 Å². The molecule has 1 aromatic carbocycles. The summed E-state index contributed by atoms with van der Waals surface area (Å²) >= 11 is 10.6. The zero-order chi connectivity index (χ0) is 15.0. The third-order valence-corrected chi connectivity index (χ3v) is 5.21. The van der Waals surface area contributed by atoms with Crippen molar-refractivity contribution in [3.8, 4) is 5.69 Å². The molecule has 1 saturated carbocycles. The Bertz CT molecular complexity index is 703. The minimum absolute atomic E-state index is 0.0441. The van der Waals surface area contributed by atoms with Gasteiger partial charge in [-0.3, -0.25) is 9.36 Å². The van der Waals surface area contributed by atoms with E-state index < -0.39 is 5.97 Å². The first kappa shape index (κ1) is 14.9. The minimum Gasteiger partial charge on any atom is -0.481 e.